The number of hydrogen-bond acceptors (Lipinski definition) is 3. The van der Waals surface area contributed by atoms with Crippen LogP contribution in [0.4, 0.5) is 13.2 Å². The number of pyridine rings is 1. The molecule has 6 heteroatoms. The van der Waals surface area contributed by atoms with Crippen molar-refractivity contribution in [2.45, 2.75) is 46.0 Å². The summed E-state index contributed by atoms with van der Waals surface area (Å²) in [6.07, 6.45) is -5.25. The summed E-state index contributed by atoms with van der Waals surface area (Å²) in [5.41, 5.74) is 1.51. The van der Waals surface area contributed by atoms with Gasteiger partial charge in [-0.25, -0.2) is 4.98 Å². The molecule has 0 aliphatic heterocycles. The van der Waals surface area contributed by atoms with Crippen molar-refractivity contribution >= 4 is 0 Å². The lowest BCUT2D eigenvalue weighted by Crippen LogP contribution is -2.31. The highest BCUT2D eigenvalue weighted by molar-refractivity contribution is 5.24. The monoisotopic (exact) mass is 276 g/mol. The number of nitrogens with zero attached hydrogens (tertiary/aromatic N) is 1. The van der Waals surface area contributed by atoms with Gasteiger partial charge in [-0.15, -0.1) is 0 Å². The van der Waals surface area contributed by atoms with E-state index < -0.39 is 12.3 Å². The molecule has 108 valence electrons. The van der Waals surface area contributed by atoms with Gasteiger partial charge in [-0.2, -0.15) is 13.2 Å². The van der Waals surface area contributed by atoms with Crippen LogP contribution in [-0.4, -0.2) is 23.8 Å². The topological polar surface area (TPSA) is 34.2 Å². The second kappa shape index (κ2) is 6.75. The lowest BCUT2D eigenvalue weighted by atomic mass is 10.2. The highest BCUT2D eigenvalue weighted by Gasteiger charge is 2.38. The maximum absolute atomic E-state index is 12.4. The fraction of sp³-hybridized carbons (Fsp3) is 0.615. The van der Waals surface area contributed by atoms with Gasteiger partial charge in [-0.1, -0.05) is 6.92 Å². The lowest BCUT2D eigenvalue weighted by Gasteiger charge is -2.17. The maximum Gasteiger partial charge on any atom is 0.425 e. The van der Waals surface area contributed by atoms with Crippen LogP contribution in [0.2, 0.25) is 0 Å². The van der Waals surface area contributed by atoms with Crippen LogP contribution < -0.4 is 10.1 Å². The minimum Gasteiger partial charge on any atom is -0.465 e. The van der Waals surface area contributed by atoms with E-state index in [0.717, 1.165) is 25.5 Å². The quantitative estimate of drug-likeness (QED) is 0.810. The first-order valence-corrected chi connectivity index (χ1v) is 6.24. The number of aryl methyl sites for hydroxylation is 1. The van der Waals surface area contributed by atoms with Gasteiger partial charge in [0.1, 0.15) is 0 Å². The normalized spacial score (nSPS) is 13.4. The summed E-state index contributed by atoms with van der Waals surface area (Å²) in [5, 5.41) is 3.18. The Morgan fingerprint density at radius 1 is 1.37 bits per heavy atom. The third kappa shape index (κ3) is 5.46. The van der Waals surface area contributed by atoms with Crippen LogP contribution >= 0.6 is 0 Å². The van der Waals surface area contributed by atoms with Crippen LogP contribution in [0.3, 0.4) is 0 Å². The van der Waals surface area contributed by atoms with E-state index in [4.69, 9.17) is 4.74 Å². The fourth-order valence-corrected chi connectivity index (χ4v) is 1.53. The summed E-state index contributed by atoms with van der Waals surface area (Å²) in [6.45, 7) is 6.20. The van der Waals surface area contributed by atoms with Crippen molar-refractivity contribution < 1.29 is 17.9 Å². The molecule has 0 amide bonds. The van der Waals surface area contributed by atoms with Crippen LogP contribution in [0.1, 0.15) is 31.5 Å². The van der Waals surface area contributed by atoms with Crippen LogP contribution in [-0.2, 0) is 6.54 Å². The first kappa shape index (κ1) is 15.8. The number of rotatable bonds is 6. The van der Waals surface area contributed by atoms with E-state index in [2.05, 4.69) is 10.3 Å². The highest BCUT2D eigenvalue weighted by atomic mass is 19.4. The van der Waals surface area contributed by atoms with Crippen molar-refractivity contribution in [3.8, 4) is 5.88 Å². The van der Waals surface area contributed by atoms with E-state index in [9.17, 15) is 13.2 Å². The predicted molar refractivity (Wildman–Crippen MR) is 67.1 cm³/mol. The van der Waals surface area contributed by atoms with Gasteiger partial charge in [-0.05, 0) is 38.4 Å². The van der Waals surface area contributed by atoms with Crippen molar-refractivity contribution in [3.63, 3.8) is 0 Å². The van der Waals surface area contributed by atoms with Crippen LogP contribution in [0, 0.1) is 6.92 Å². The van der Waals surface area contributed by atoms with Crippen molar-refractivity contribution in [3.05, 3.63) is 23.4 Å². The molecule has 0 radical (unpaired) electrons. The zero-order valence-corrected chi connectivity index (χ0v) is 11.3. The van der Waals surface area contributed by atoms with Crippen molar-refractivity contribution in [2.75, 3.05) is 6.54 Å². The first-order chi connectivity index (χ1) is 8.82. The molecule has 0 bridgehead atoms. The molecule has 0 aliphatic carbocycles. The Hall–Kier alpha value is -1.30. The van der Waals surface area contributed by atoms with Gasteiger partial charge in [0.05, 0.1) is 0 Å². The third-order valence-corrected chi connectivity index (χ3v) is 2.50. The number of hydrogen-bond donors (Lipinski definition) is 1. The molecule has 0 fully saturated rings. The van der Waals surface area contributed by atoms with E-state index in [0.29, 0.717) is 12.2 Å². The summed E-state index contributed by atoms with van der Waals surface area (Å²) in [4.78, 5) is 3.97. The summed E-state index contributed by atoms with van der Waals surface area (Å²) < 4.78 is 42.1. The van der Waals surface area contributed by atoms with Gasteiger partial charge in [0, 0.05) is 18.3 Å². The summed E-state index contributed by atoms with van der Waals surface area (Å²) >= 11 is 0. The summed E-state index contributed by atoms with van der Waals surface area (Å²) in [5.74, 6) is 0.0122. The largest absolute Gasteiger partial charge is 0.465 e. The molecule has 1 rings (SSSR count). The summed E-state index contributed by atoms with van der Waals surface area (Å²) in [7, 11) is 0. The number of alkyl halides is 3. The molecule has 0 saturated heterocycles. The highest BCUT2D eigenvalue weighted by Crippen LogP contribution is 2.24. The van der Waals surface area contributed by atoms with Gasteiger partial charge in [0.15, 0.2) is 6.10 Å². The minimum absolute atomic E-state index is 0.0122. The number of nitrogens with one attached hydrogen (secondary N) is 1. The Balaban J connectivity index is 2.73. The molecule has 0 spiro atoms. The Bertz CT molecular complexity index is 407. The van der Waals surface area contributed by atoms with Crippen molar-refractivity contribution in [2.24, 2.45) is 0 Å². The Labute approximate surface area is 111 Å². The molecule has 1 N–H and O–H groups in total. The minimum atomic E-state index is -4.38. The SMILES string of the molecule is CCCNCc1cc(C)nc(OC(C)C(F)(F)F)c1. The van der Waals surface area contributed by atoms with Crippen LogP contribution in [0.5, 0.6) is 5.88 Å². The molecule has 1 unspecified atom stereocenters. The first-order valence-electron chi connectivity index (χ1n) is 6.24. The molecular weight excluding hydrogens is 257 g/mol. The third-order valence-electron chi connectivity index (χ3n) is 2.50. The van der Waals surface area contributed by atoms with E-state index in [1.165, 1.54) is 6.07 Å². The van der Waals surface area contributed by atoms with Gasteiger partial charge in [-0.3, -0.25) is 0 Å². The number of halogens is 3. The number of ether oxygens (including phenoxy) is 1. The van der Waals surface area contributed by atoms with E-state index >= 15 is 0 Å². The predicted octanol–water partition coefficient (Wildman–Crippen LogP) is 3.22. The fourth-order valence-electron chi connectivity index (χ4n) is 1.53. The molecular formula is C13H19F3N2O. The van der Waals surface area contributed by atoms with Crippen molar-refractivity contribution in [1.29, 1.82) is 0 Å². The Morgan fingerprint density at radius 2 is 2.05 bits per heavy atom. The van der Waals surface area contributed by atoms with Gasteiger partial charge in [0.2, 0.25) is 5.88 Å². The molecule has 0 aliphatic rings. The molecule has 1 aromatic rings. The zero-order chi connectivity index (χ0) is 14.5. The van der Waals surface area contributed by atoms with E-state index in [1.807, 2.05) is 13.0 Å². The molecule has 1 atom stereocenters. The van der Waals surface area contributed by atoms with Crippen molar-refractivity contribution in [1.82, 2.24) is 10.3 Å². The molecule has 0 saturated carbocycles. The standard InChI is InChI=1S/C13H19F3N2O/c1-4-5-17-8-11-6-9(2)18-12(7-11)19-10(3)13(14,15)16/h6-7,10,17H,4-5,8H2,1-3H3. The molecule has 1 aromatic heterocycles. The Kier molecular flexibility index (Phi) is 5.60. The molecule has 3 nitrogen and oxygen atoms in total. The Morgan fingerprint density at radius 3 is 2.63 bits per heavy atom. The lowest BCUT2D eigenvalue weighted by molar-refractivity contribution is -0.190. The van der Waals surface area contributed by atoms with Gasteiger partial charge in [0.25, 0.3) is 0 Å². The smallest absolute Gasteiger partial charge is 0.425 e. The van der Waals surface area contributed by atoms with Gasteiger partial charge < -0.3 is 10.1 Å². The molecule has 0 aromatic carbocycles. The maximum atomic E-state index is 12.4. The van der Waals surface area contributed by atoms with Crippen LogP contribution in [0.15, 0.2) is 12.1 Å². The molecule has 1 heterocycles. The average Bonchev–Trinajstić information content (AvgIpc) is 2.27. The van der Waals surface area contributed by atoms with E-state index in [1.54, 1.807) is 6.92 Å². The second-order valence-corrected chi connectivity index (χ2v) is 4.43. The van der Waals surface area contributed by atoms with Gasteiger partial charge >= 0.3 is 6.18 Å². The second-order valence-electron chi connectivity index (χ2n) is 4.43. The zero-order valence-electron chi connectivity index (χ0n) is 11.3. The van der Waals surface area contributed by atoms with E-state index in [-0.39, 0.29) is 5.88 Å². The average molecular weight is 276 g/mol. The molecule has 19 heavy (non-hydrogen) atoms. The summed E-state index contributed by atoms with van der Waals surface area (Å²) in [6, 6.07) is 3.37. The number of aromatic nitrogens is 1. The van der Waals surface area contributed by atoms with Crippen LogP contribution in [0.25, 0.3) is 0 Å².